The molecule has 0 spiro atoms. The Balaban J connectivity index is 2.10. The van der Waals surface area contributed by atoms with E-state index in [-0.39, 0.29) is 11.1 Å². The third kappa shape index (κ3) is 2.78. The summed E-state index contributed by atoms with van der Waals surface area (Å²) in [5.74, 6) is 0.638. The highest BCUT2D eigenvalue weighted by Crippen LogP contribution is 2.29. The number of rotatable bonds is 4. The van der Waals surface area contributed by atoms with Crippen molar-refractivity contribution in [3.8, 4) is 11.5 Å². The Kier molecular flexibility index (Phi) is 4.59. The van der Waals surface area contributed by atoms with Crippen molar-refractivity contribution >= 4 is 40.3 Å². The number of fused-ring (bicyclic) bond motifs is 1. The van der Waals surface area contributed by atoms with E-state index in [1.165, 1.54) is 36.9 Å². The molecule has 24 heavy (non-hydrogen) atoms. The molecule has 3 aromatic rings. The number of thioether (sulfide) groups is 1. The molecule has 0 N–H and O–H groups in total. The third-order valence-corrected chi connectivity index (χ3v) is 4.20. The molecule has 0 aliphatic heterocycles. The minimum Gasteiger partial charge on any atom is -0.493 e. The molecule has 0 radical (unpaired) electrons. The van der Waals surface area contributed by atoms with E-state index < -0.39 is 0 Å². The molecule has 7 nitrogen and oxygen atoms in total. The second-order valence-electron chi connectivity index (χ2n) is 4.67. The van der Waals surface area contributed by atoms with Crippen molar-refractivity contribution in [2.45, 2.75) is 5.16 Å². The molecule has 0 aliphatic carbocycles. The van der Waals surface area contributed by atoms with Crippen LogP contribution in [0.5, 0.6) is 11.5 Å². The van der Waals surface area contributed by atoms with Gasteiger partial charge in [0, 0.05) is 5.56 Å². The molecule has 0 amide bonds. The molecule has 124 valence electrons. The Morgan fingerprint density at radius 3 is 2.62 bits per heavy atom. The number of benzene rings is 1. The number of nitrogens with zero attached hydrogens (tertiary/aromatic N) is 4. The Labute approximate surface area is 146 Å². The van der Waals surface area contributed by atoms with Crippen molar-refractivity contribution in [3.63, 3.8) is 0 Å². The van der Waals surface area contributed by atoms with E-state index in [2.05, 4.69) is 15.1 Å². The molecule has 0 fully saturated rings. The van der Waals surface area contributed by atoms with Gasteiger partial charge < -0.3 is 9.47 Å². The highest BCUT2D eigenvalue weighted by atomic mass is 35.5. The first-order chi connectivity index (χ1) is 11.6. The molecule has 0 aliphatic rings. The van der Waals surface area contributed by atoms with E-state index >= 15 is 0 Å². The lowest BCUT2D eigenvalue weighted by atomic mass is 10.2. The Bertz CT molecular complexity index is 928. The van der Waals surface area contributed by atoms with E-state index in [0.29, 0.717) is 33.3 Å². The van der Waals surface area contributed by atoms with Gasteiger partial charge in [-0.2, -0.15) is 9.78 Å². The molecule has 0 saturated heterocycles. The maximum absolute atomic E-state index is 12.8. The lowest BCUT2D eigenvalue weighted by molar-refractivity contribution is 0.0949. The van der Waals surface area contributed by atoms with Crippen LogP contribution in [0.3, 0.4) is 0 Å². The molecule has 1 aromatic carbocycles. The van der Waals surface area contributed by atoms with E-state index in [1.807, 2.05) is 6.26 Å². The summed E-state index contributed by atoms with van der Waals surface area (Å²) in [5, 5.41) is 5.35. The number of carbonyl (C=O) groups excluding carboxylic acids is 1. The van der Waals surface area contributed by atoms with Crippen LogP contribution < -0.4 is 9.47 Å². The van der Waals surface area contributed by atoms with E-state index in [1.54, 1.807) is 18.2 Å². The molecular formula is C15H13ClN4O3S. The van der Waals surface area contributed by atoms with Crippen LogP contribution in [0.4, 0.5) is 0 Å². The Morgan fingerprint density at radius 2 is 1.96 bits per heavy atom. The van der Waals surface area contributed by atoms with Gasteiger partial charge in [-0.3, -0.25) is 4.79 Å². The predicted octanol–water partition coefficient (Wildman–Crippen LogP) is 2.91. The van der Waals surface area contributed by atoms with Gasteiger partial charge in [0.25, 0.3) is 5.91 Å². The number of halogens is 1. The number of hydrogen-bond acceptors (Lipinski definition) is 7. The predicted molar refractivity (Wildman–Crippen MR) is 91.4 cm³/mol. The fourth-order valence-corrected chi connectivity index (χ4v) is 2.81. The molecule has 2 heterocycles. The normalized spacial score (nSPS) is 10.8. The zero-order valence-corrected chi connectivity index (χ0v) is 14.7. The summed E-state index contributed by atoms with van der Waals surface area (Å²) in [6, 6.07) is 4.88. The standard InChI is InChI=1S/C15H13ClN4O3S/c1-22-10-5-4-8(6-11(10)23-2)14(21)20-13-9(7-17-20)12(16)18-15(19-13)24-3/h4-7H,1-3H3. The van der Waals surface area contributed by atoms with Crippen molar-refractivity contribution in [2.24, 2.45) is 0 Å². The molecule has 0 saturated carbocycles. The quantitative estimate of drug-likeness (QED) is 0.400. The van der Waals surface area contributed by atoms with Crippen LogP contribution in [0.1, 0.15) is 10.4 Å². The minimum atomic E-state index is -0.354. The van der Waals surface area contributed by atoms with Crippen LogP contribution >= 0.6 is 23.4 Å². The fourth-order valence-electron chi connectivity index (χ4n) is 2.19. The zero-order valence-electron chi connectivity index (χ0n) is 13.1. The second-order valence-corrected chi connectivity index (χ2v) is 5.80. The first kappa shape index (κ1) is 16.5. The highest BCUT2D eigenvalue weighted by molar-refractivity contribution is 7.98. The average Bonchev–Trinajstić information content (AvgIpc) is 3.04. The lowest BCUT2D eigenvalue weighted by Crippen LogP contribution is -2.14. The van der Waals surface area contributed by atoms with Gasteiger partial charge in [0.15, 0.2) is 22.3 Å². The van der Waals surface area contributed by atoms with Crippen LogP contribution in [-0.4, -0.2) is 46.1 Å². The number of ether oxygens (including phenoxy) is 2. The summed E-state index contributed by atoms with van der Waals surface area (Å²) in [6.45, 7) is 0. The van der Waals surface area contributed by atoms with Gasteiger partial charge in [-0.15, -0.1) is 0 Å². The third-order valence-electron chi connectivity index (χ3n) is 3.37. The van der Waals surface area contributed by atoms with Gasteiger partial charge in [0.2, 0.25) is 0 Å². The average molecular weight is 365 g/mol. The molecule has 2 aromatic heterocycles. The van der Waals surface area contributed by atoms with Gasteiger partial charge in [-0.05, 0) is 24.5 Å². The summed E-state index contributed by atoms with van der Waals surface area (Å²) >= 11 is 7.46. The summed E-state index contributed by atoms with van der Waals surface area (Å²) in [5.41, 5.74) is 0.747. The van der Waals surface area contributed by atoms with Gasteiger partial charge >= 0.3 is 0 Å². The molecule has 9 heteroatoms. The van der Waals surface area contributed by atoms with E-state index in [9.17, 15) is 4.79 Å². The summed E-state index contributed by atoms with van der Waals surface area (Å²) < 4.78 is 11.6. The van der Waals surface area contributed by atoms with Crippen LogP contribution in [0, 0.1) is 0 Å². The number of aromatic nitrogens is 4. The molecular weight excluding hydrogens is 352 g/mol. The minimum absolute atomic E-state index is 0.260. The van der Waals surface area contributed by atoms with Gasteiger partial charge in [-0.25, -0.2) is 9.97 Å². The maximum atomic E-state index is 12.8. The van der Waals surface area contributed by atoms with Gasteiger partial charge in [-0.1, -0.05) is 23.4 Å². The summed E-state index contributed by atoms with van der Waals surface area (Å²) in [4.78, 5) is 21.3. The first-order valence-corrected chi connectivity index (χ1v) is 8.41. The Morgan fingerprint density at radius 1 is 1.21 bits per heavy atom. The van der Waals surface area contributed by atoms with Crippen molar-refractivity contribution in [2.75, 3.05) is 20.5 Å². The number of methoxy groups -OCH3 is 2. The molecule has 0 bridgehead atoms. The van der Waals surface area contributed by atoms with Crippen LogP contribution in [0.25, 0.3) is 11.0 Å². The first-order valence-electron chi connectivity index (χ1n) is 6.81. The summed E-state index contributed by atoms with van der Waals surface area (Å²) in [6.07, 6.45) is 3.30. The summed E-state index contributed by atoms with van der Waals surface area (Å²) in [7, 11) is 3.04. The second kappa shape index (κ2) is 6.66. The fraction of sp³-hybridized carbons (Fsp3) is 0.200. The lowest BCUT2D eigenvalue weighted by Gasteiger charge is -2.09. The molecule has 0 unspecified atom stereocenters. The van der Waals surface area contributed by atoms with Gasteiger partial charge in [0.1, 0.15) is 5.15 Å². The highest BCUT2D eigenvalue weighted by Gasteiger charge is 2.19. The van der Waals surface area contributed by atoms with E-state index in [4.69, 9.17) is 21.1 Å². The van der Waals surface area contributed by atoms with Crippen LogP contribution in [0.15, 0.2) is 29.6 Å². The van der Waals surface area contributed by atoms with Crippen molar-refractivity contribution in [3.05, 3.63) is 35.1 Å². The van der Waals surface area contributed by atoms with Crippen molar-refractivity contribution in [1.29, 1.82) is 0 Å². The number of hydrogen-bond donors (Lipinski definition) is 0. The molecule has 3 rings (SSSR count). The SMILES string of the molecule is COc1ccc(C(=O)n2ncc3c(Cl)nc(SC)nc32)cc1OC. The van der Waals surface area contributed by atoms with Crippen LogP contribution in [-0.2, 0) is 0 Å². The monoisotopic (exact) mass is 364 g/mol. The van der Waals surface area contributed by atoms with Crippen LogP contribution in [0.2, 0.25) is 5.15 Å². The smallest absolute Gasteiger partial charge is 0.280 e. The largest absolute Gasteiger partial charge is 0.493 e. The number of carbonyl (C=O) groups is 1. The van der Waals surface area contributed by atoms with Gasteiger partial charge in [0.05, 0.1) is 25.8 Å². The topological polar surface area (TPSA) is 79.1 Å². The Hall–Kier alpha value is -2.32. The van der Waals surface area contributed by atoms with Crippen molar-refractivity contribution in [1.82, 2.24) is 19.7 Å². The molecule has 0 atom stereocenters. The van der Waals surface area contributed by atoms with Crippen molar-refractivity contribution < 1.29 is 14.3 Å². The van der Waals surface area contributed by atoms with E-state index in [0.717, 1.165) is 0 Å². The maximum Gasteiger partial charge on any atom is 0.280 e. The zero-order chi connectivity index (χ0) is 17.3.